The molecule has 2 bridgehead atoms. The van der Waals surface area contributed by atoms with E-state index in [0.717, 1.165) is 44.1 Å². The SMILES string of the molecule is CCOC(=O)[C@]1(C)CCC[C@@]2(C)[C@@H]3CC[C@@]4(C)C[C@]3(CC[C@@H]21)C/C4=N\OC/C=C/c1c[nH]c(C(=O)OC)c1. The van der Waals surface area contributed by atoms with E-state index in [-0.39, 0.29) is 33.6 Å². The Kier molecular flexibility index (Phi) is 7.02. The number of aromatic amines is 1. The van der Waals surface area contributed by atoms with E-state index in [1.807, 2.05) is 19.1 Å². The summed E-state index contributed by atoms with van der Waals surface area (Å²) in [6, 6.07) is 1.75. The van der Waals surface area contributed by atoms with Crippen LogP contribution < -0.4 is 0 Å². The summed E-state index contributed by atoms with van der Waals surface area (Å²) in [4.78, 5) is 33.5. The maximum absolute atomic E-state index is 13.2. The van der Waals surface area contributed by atoms with Gasteiger partial charge in [-0.25, -0.2) is 4.79 Å². The van der Waals surface area contributed by atoms with Crippen LogP contribution in [0.25, 0.3) is 6.08 Å². The molecule has 6 atom stereocenters. The van der Waals surface area contributed by atoms with Crippen molar-refractivity contribution in [2.24, 2.45) is 38.7 Å². The third-order valence-corrected chi connectivity index (χ3v) is 10.9. The van der Waals surface area contributed by atoms with Crippen LogP contribution in [0.5, 0.6) is 0 Å². The number of hydrogen-bond donors (Lipinski definition) is 1. The van der Waals surface area contributed by atoms with E-state index < -0.39 is 0 Å². The number of aromatic nitrogens is 1. The second-order valence-electron chi connectivity index (χ2n) is 13.0. The van der Waals surface area contributed by atoms with E-state index in [4.69, 9.17) is 19.5 Å². The van der Waals surface area contributed by atoms with Crippen molar-refractivity contribution >= 4 is 23.7 Å². The summed E-state index contributed by atoms with van der Waals surface area (Å²) >= 11 is 0. The number of ether oxygens (including phenoxy) is 2. The number of H-pyrrole nitrogens is 1. The topological polar surface area (TPSA) is 90.0 Å². The second-order valence-corrected chi connectivity index (χ2v) is 13.0. The van der Waals surface area contributed by atoms with Crippen LogP contribution in [0.3, 0.4) is 0 Å². The van der Waals surface area contributed by atoms with Gasteiger partial charge in [-0.05, 0) is 106 Å². The van der Waals surface area contributed by atoms with Gasteiger partial charge in [0.1, 0.15) is 12.3 Å². The highest BCUT2D eigenvalue weighted by atomic mass is 16.6. The molecule has 7 heteroatoms. The van der Waals surface area contributed by atoms with Crippen LogP contribution in [0.4, 0.5) is 0 Å². The summed E-state index contributed by atoms with van der Waals surface area (Å²) in [5.74, 6) is 0.635. The molecule has 0 aromatic carbocycles. The average molecular weight is 525 g/mol. The van der Waals surface area contributed by atoms with Gasteiger partial charge >= 0.3 is 11.9 Å². The zero-order chi connectivity index (χ0) is 27.2. The third kappa shape index (κ3) is 4.30. The van der Waals surface area contributed by atoms with Gasteiger partial charge in [-0.2, -0.15) is 0 Å². The summed E-state index contributed by atoms with van der Waals surface area (Å²) < 4.78 is 10.4. The molecule has 5 rings (SSSR count). The number of nitrogens with zero attached hydrogens (tertiary/aromatic N) is 1. The van der Waals surface area contributed by atoms with Crippen molar-refractivity contribution in [3.05, 3.63) is 29.6 Å². The van der Waals surface area contributed by atoms with Crippen molar-refractivity contribution in [2.75, 3.05) is 20.3 Å². The number of carbonyl (C=O) groups is 2. The molecule has 0 saturated heterocycles. The lowest BCUT2D eigenvalue weighted by Gasteiger charge is -2.64. The minimum absolute atomic E-state index is 0.0174. The van der Waals surface area contributed by atoms with E-state index in [1.165, 1.54) is 32.1 Å². The first-order chi connectivity index (χ1) is 18.1. The largest absolute Gasteiger partial charge is 0.466 e. The first-order valence-corrected chi connectivity index (χ1v) is 14.4. The fraction of sp³-hybridized carbons (Fsp3) is 0.710. The molecule has 38 heavy (non-hydrogen) atoms. The number of hydrogen-bond acceptors (Lipinski definition) is 6. The zero-order valence-electron chi connectivity index (χ0n) is 23.7. The van der Waals surface area contributed by atoms with Gasteiger partial charge in [0.2, 0.25) is 0 Å². The first-order valence-electron chi connectivity index (χ1n) is 14.4. The monoisotopic (exact) mass is 524 g/mol. The number of fused-ring (bicyclic) bond motifs is 3. The van der Waals surface area contributed by atoms with Gasteiger partial charge in [-0.15, -0.1) is 0 Å². The molecule has 1 N–H and O–H groups in total. The first kappa shape index (κ1) is 27.0. The lowest BCUT2D eigenvalue weighted by Crippen LogP contribution is -2.58. The molecule has 208 valence electrons. The molecule has 1 spiro atoms. The summed E-state index contributed by atoms with van der Waals surface area (Å²) in [6.07, 6.45) is 15.7. The summed E-state index contributed by atoms with van der Waals surface area (Å²) in [6.45, 7) is 9.81. The van der Waals surface area contributed by atoms with Crippen LogP contribution in [0.1, 0.15) is 102 Å². The van der Waals surface area contributed by atoms with E-state index in [1.54, 1.807) is 12.3 Å². The molecular weight excluding hydrogens is 480 g/mol. The Bertz CT molecular complexity index is 1140. The maximum atomic E-state index is 13.2. The predicted molar refractivity (Wildman–Crippen MR) is 146 cm³/mol. The molecule has 4 aliphatic rings. The molecule has 1 aromatic rings. The lowest BCUT2D eigenvalue weighted by molar-refractivity contribution is -0.187. The Balaban J connectivity index is 1.28. The highest BCUT2D eigenvalue weighted by Gasteiger charge is 2.67. The van der Waals surface area contributed by atoms with Crippen molar-refractivity contribution in [2.45, 2.75) is 85.5 Å². The smallest absolute Gasteiger partial charge is 0.354 e. The van der Waals surface area contributed by atoms with Gasteiger partial charge in [0.05, 0.1) is 24.8 Å². The number of rotatable bonds is 7. The molecule has 1 aromatic heterocycles. The van der Waals surface area contributed by atoms with E-state index in [2.05, 4.69) is 25.8 Å². The Morgan fingerprint density at radius 3 is 2.68 bits per heavy atom. The molecule has 0 aliphatic heterocycles. The average Bonchev–Trinajstić information content (AvgIpc) is 3.43. The van der Waals surface area contributed by atoms with E-state index in [0.29, 0.717) is 30.7 Å². The highest BCUT2D eigenvalue weighted by Crippen LogP contribution is 2.73. The van der Waals surface area contributed by atoms with E-state index >= 15 is 0 Å². The van der Waals surface area contributed by atoms with Crippen molar-refractivity contribution in [1.29, 1.82) is 0 Å². The fourth-order valence-corrected chi connectivity index (χ4v) is 9.29. The molecule has 0 amide bonds. The fourth-order valence-electron chi connectivity index (χ4n) is 9.29. The van der Waals surface area contributed by atoms with Crippen LogP contribution in [0.15, 0.2) is 23.5 Å². The number of esters is 2. The Labute approximate surface area is 226 Å². The number of oxime groups is 1. The van der Waals surface area contributed by atoms with Gasteiger partial charge in [-0.1, -0.05) is 31.5 Å². The number of nitrogens with one attached hydrogen (secondary N) is 1. The van der Waals surface area contributed by atoms with Crippen LogP contribution >= 0.6 is 0 Å². The van der Waals surface area contributed by atoms with Crippen molar-refractivity contribution in [1.82, 2.24) is 4.98 Å². The van der Waals surface area contributed by atoms with Gasteiger partial charge in [0.15, 0.2) is 0 Å². The Hall–Kier alpha value is -2.57. The molecule has 4 saturated carbocycles. The summed E-state index contributed by atoms with van der Waals surface area (Å²) in [5, 5.41) is 4.72. The number of methoxy groups -OCH3 is 1. The molecular formula is C31H44N2O5. The second kappa shape index (κ2) is 9.87. The maximum Gasteiger partial charge on any atom is 0.354 e. The Morgan fingerprint density at radius 2 is 1.92 bits per heavy atom. The van der Waals surface area contributed by atoms with E-state index in [9.17, 15) is 9.59 Å². The highest BCUT2D eigenvalue weighted by molar-refractivity contribution is 5.93. The van der Waals surface area contributed by atoms with Gasteiger partial charge in [0.25, 0.3) is 0 Å². The standard InChI is InChI=1S/C31H44N2O5/c1-6-37-27(35)30(4)13-8-12-29(3)23(30)11-15-31-18-25(28(2,20-31)14-10-24(29)31)33-38-16-7-9-21-17-22(32-19-21)26(34)36-5/h7,9,17,19,23-24,32H,6,8,10-16,18,20H2,1-5H3/b9-7+,33-25+/t23-,24-,28-,29+,30+,31-/m0/s1. The molecule has 1 heterocycles. The zero-order valence-corrected chi connectivity index (χ0v) is 23.7. The number of carbonyl (C=O) groups excluding carboxylic acids is 2. The van der Waals surface area contributed by atoms with Crippen molar-refractivity contribution in [3.8, 4) is 0 Å². The lowest BCUT2D eigenvalue weighted by atomic mass is 9.40. The molecule has 4 fully saturated rings. The molecule has 0 unspecified atom stereocenters. The normalized spacial score (nSPS) is 39.0. The van der Waals surface area contributed by atoms with Gasteiger partial charge in [-0.3, -0.25) is 4.79 Å². The van der Waals surface area contributed by atoms with Crippen molar-refractivity contribution in [3.63, 3.8) is 0 Å². The molecule has 7 nitrogen and oxygen atoms in total. The summed E-state index contributed by atoms with van der Waals surface area (Å²) in [5.41, 5.74) is 2.69. The van der Waals surface area contributed by atoms with Crippen LogP contribution in [-0.4, -0.2) is 43.0 Å². The Morgan fingerprint density at radius 1 is 1.13 bits per heavy atom. The predicted octanol–water partition coefficient (Wildman–Crippen LogP) is 6.55. The van der Waals surface area contributed by atoms with Gasteiger partial charge in [0, 0.05) is 11.6 Å². The third-order valence-electron chi connectivity index (χ3n) is 10.9. The minimum Gasteiger partial charge on any atom is -0.466 e. The summed E-state index contributed by atoms with van der Waals surface area (Å²) in [7, 11) is 1.37. The van der Waals surface area contributed by atoms with Gasteiger partial charge < -0.3 is 19.3 Å². The molecule has 4 aliphatic carbocycles. The molecule has 0 radical (unpaired) electrons. The van der Waals surface area contributed by atoms with Crippen LogP contribution in [-0.2, 0) is 19.1 Å². The van der Waals surface area contributed by atoms with Crippen molar-refractivity contribution < 1.29 is 23.9 Å². The van der Waals surface area contributed by atoms with Crippen LogP contribution in [0, 0.1) is 33.5 Å². The quantitative estimate of drug-likeness (QED) is 0.248. The minimum atomic E-state index is -0.382. The van der Waals surface area contributed by atoms with Crippen LogP contribution in [0.2, 0.25) is 0 Å².